The molecule has 10 heteroatoms. The first-order valence-electron chi connectivity index (χ1n) is 11.3. The molecule has 0 aromatic heterocycles. The number of hydrogen-bond donors (Lipinski definition) is 1. The predicted molar refractivity (Wildman–Crippen MR) is 134 cm³/mol. The highest BCUT2D eigenvalue weighted by Gasteiger charge is 2.28. The van der Waals surface area contributed by atoms with E-state index in [-0.39, 0.29) is 35.5 Å². The molecule has 0 amide bonds. The fourth-order valence-electron chi connectivity index (χ4n) is 4.01. The Morgan fingerprint density at radius 1 is 1.06 bits per heavy atom. The molecule has 35 heavy (non-hydrogen) atoms. The summed E-state index contributed by atoms with van der Waals surface area (Å²) < 4.78 is 33.1. The van der Waals surface area contributed by atoms with Gasteiger partial charge in [0.05, 0.1) is 15.5 Å². The normalized spacial score (nSPS) is 16.5. The van der Waals surface area contributed by atoms with Crippen molar-refractivity contribution in [3.63, 3.8) is 0 Å². The Hall–Kier alpha value is -3.76. The fourth-order valence-corrected chi connectivity index (χ4v) is 5.48. The Balaban J connectivity index is 1.68. The van der Waals surface area contributed by atoms with E-state index in [4.69, 9.17) is 4.74 Å². The summed E-state index contributed by atoms with van der Waals surface area (Å²) >= 11 is 0. The molecular weight excluding hydrogens is 468 g/mol. The lowest BCUT2D eigenvalue weighted by atomic mass is 9.96. The van der Waals surface area contributed by atoms with Crippen LogP contribution in [-0.2, 0) is 10.0 Å². The van der Waals surface area contributed by atoms with Crippen molar-refractivity contribution in [2.75, 3.05) is 18.5 Å². The lowest BCUT2D eigenvalue weighted by Gasteiger charge is -2.27. The summed E-state index contributed by atoms with van der Waals surface area (Å²) in [6.07, 6.45) is 0.194. The van der Waals surface area contributed by atoms with E-state index < -0.39 is 14.9 Å². The van der Waals surface area contributed by atoms with Gasteiger partial charge in [0, 0.05) is 31.1 Å². The number of nitrogens with zero attached hydrogens (tertiary/aromatic N) is 3. The van der Waals surface area contributed by atoms with Crippen molar-refractivity contribution >= 4 is 27.1 Å². The van der Waals surface area contributed by atoms with Gasteiger partial charge in [-0.15, -0.1) is 0 Å². The molecule has 182 valence electrons. The molecule has 0 spiro atoms. The Labute approximate surface area is 204 Å². The molecule has 1 heterocycles. The van der Waals surface area contributed by atoms with Crippen molar-refractivity contribution in [2.24, 2.45) is 5.10 Å². The number of fused-ring (bicyclic) bond motifs is 1. The van der Waals surface area contributed by atoms with Gasteiger partial charge in [0.1, 0.15) is 17.5 Å². The number of rotatable bonds is 8. The number of para-hydroxylation sites is 1. The van der Waals surface area contributed by atoms with Gasteiger partial charge < -0.3 is 4.74 Å². The maximum atomic E-state index is 12.8. The molecule has 0 fully saturated rings. The number of ether oxygens (including phenoxy) is 1. The minimum atomic E-state index is -3.84. The van der Waals surface area contributed by atoms with Gasteiger partial charge in [-0.2, -0.15) is 9.41 Å². The second-order valence-corrected chi connectivity index (χ2v) is 9.85. The topological polar surface area (TPSA) is 114 Å². The molecule has 0 radical (unpaired) electrons. The summed E-state index contributed by atoms with van der Waals surface area (Å²) in [5.74, 6) is 0.670. The van der Waals surface area contributed by atoms with E-state index in [1.807, 2.05) is 54.6 Å². The van der Waals surface area contributed by atoms with E-state index in [1.165, 1.54) is 16.4 Å². The van der Waals surface area contributed by atoms with Crippen LogP contribution < -0.4 is 10.2 Å². The van der Waals surface area contributed by atoms with Crippen LogP contribution in [0.15, 0.2) is 82.8 Å². The smallest absolute Gasteiger partial charge is 0.295 e. The highest BCUT2D eigenvalue weighted by molar-refractivity contribution is 7.89. The number of nitro groups is 1. The first kappa shape index (κ1) is 24.4. The Bertz CT molecular complexity index is 1360. The largest absolute Gasteiger partial charge is 0.485 e. The Kier molecular flexibility index (Phi) is 7.13. The molecule has 1 aliphatic heterocycles. The lowest BCUT2D eigenvalue weighted by Crippen LogP contribution is -2.30. The number of benzene rings is 3. The van der Waals surface area contributed by atoms with Gasteiger partial charge in [-0.1, -0.05) is 56.3 Å². The van der Waals surface area contributed by atoms with Crippen molar-refractivity contribution in [1.29, 1.82) is 0 Å². The van der Waals surface area contributed by atoms with E-state index in [9.17, 15) is 18.5 Å². The second-order valence-electron chi connectivity index (χ2n) is 7.91. The molecular formula is C25H26N4O5S. The van der Waals surface area contributed by atoms with Crippen LogP contribution in [0.1, 0.15) is 37.5 Å². The zero-order valence-electron chi connectivity index (χ0n) is 19.4. The van der Waals surface area contributed by atoms with Gasteiger partial charge in [0.15, 0.2) is 0 Å². The van der Waals surface area contributed by atoms with Crippen LogP contribution in [-0.4, -0.2) is 36.4 Å². The average molecular weight is 495 g/mol. The quantitative estimate of drug-likeness (QED) is 0.349. The van der Waals surface area contributed by atoms with Crippen LogP contribution in [0.2, 0.25) is 0 Å². The second kappa shape index (κ2) is 10.2. The van der Waals surface area contributed by atoms with Gasteiger partial charge in [-0.05, 0) is 29.8 Å². The monoisotopic (exact) mass is 494 g/mol. The SMILES string of the molecule is CCN(CC)S(=O)(=O)c1ccc(NN=C2CC(c3ccccc3)Oc3ccccc32)c([N+](=O)[O-])c1. The van der Waals surface area contributed by atoms with Crippen molar-refractivity contribution in [3.05, 3.63) is 94.0 Å². The summed E-state index contributed by atoms with van der Waals surface area (Å²) in [4.78, 5) is 11.0. The molecule has 0 saturated carbocycles. The van der Waals surface area contributed by atoms with Crippen LogP contribution in [0, 0.1) is 10.1 Å². The predicted octanol–water partition coefficient (Wildman–Crippen LogP) is 4.97. The number of nitro benzene ring substituents is 1. The Morgan fingerprint density at radius 2 is 1.74 bits per heavy atom. The van der Waals surface area contributed by atoms with Gasteiger partial charge in [-0.25, -0.2) is 8.42 Å². The molecule has 0 aliphatic carbocycles. The van der Waals surface area contributed by atoms with Gasteiger partial charge >= 0.3 is 0 Å². The fraction of sp³-hybridized carbons (Fsp3) is 0.240. The van der Waals surface area contributed by atoms with Crippen LogP contribution in [0.4, 0.5) is 11.4 Å². The maximum absolute atomic E-state index is 12.8. The van der Waals surface area contributed by atoms with Crippen molar-refractivity contribution < 1.29 is 18.1 Å². The van der Waals surface area contributed by atoms with Crippen molar-refractivity contribution in [1.82, 2.24) is 4.31 Å². The molecule has 1 N–H and O–H groups in total. The summed E-state index contributed by atoms with van der Waals surface area (Å²) in [7, 11) is -3.84. The van der Waals surface area contributed by atoms with Crippen molar-refractivity contribution in [2.45, 2.75) is 31.3 Å². The maximum Gasteiger partial charge on any atom is 0.295 e. The molecule has 3 aromatic rings. The summed E-state index contributed by atoms with van der Waals surface area (Å²) in [6, 6.07) is 21.0. The molecule has 0 saturated heterocycles. The minimum Gasteiger partial charge on any atom is -0.485 e. The van der Waals surface area contributed by atoms with Crippen LogP contribution in [0.25, 0.3) is 0 Å². The highest BCUT2D eigenvalue weighted by atomic mass is 32.2. The van der Waals surface area contributed by atoms with Gasteiger partial charge in [-0.3, -0.25) is 15.5 Å². The lowest BCUT2D eigenvalue weighted by molar-refractivity contribution is -0.384. The van der Waals surface area contributed by atoms with Gasteiger partial charge in [0.2, 0.25) is 10.0 Å². The van der Waals surface area contributed by atoms with E-state index in [0.717, 1.165) is 17.2 Å². The number of hydrazone groups is 1. The molecule has 4 rings (SSSR count). The summed E-state index contributed by atoms with van der Waals surface area (Å²) in [5.41, 5.74) is 4.98. The van der Waals surface area contributed by atoms with Crippen LogP contribution in [0.5, 0.6) is 5.75 Å². The summed E-state index contributed by atoms with van der Waals surface area (Å²) in [5, 5.41) is 16.3. The Morgan fingerprint density at radius 3 is 2.43 bits per heavy atom. The minimum absolute atomic E-state index is 0.0984. The molecule has 1 atom stereocenters. The van der Waals surface area contributed by atoms with Crippen LogP contribution in [0.3, 0.4) is 0 Å². The average Bonchev–Trinajstić information content (AvgIpc) is 2.88. The third-order valence-corrected chi connectivity index (χ3v) is 7.88. The number of anilines is 1. The molecule has 9 nitrogen and oxygen atoms in total. The van der Waals surface area contributed by atoms with Gasteiger partial charge in [0.25, 0.3) is 5.69 Å². The molecule has 0 bridgehead atoms. The number of sulfonamides is 1. The third-order valence-electron chi connectivity index (χ3n) is 5.84. The molecule has 3 aromatic carbocycles. The molecule has 1 aliphatic rings. The van der Waals surface area contributed by atoms with E-state index in [2.05, 4.69) is 10.5 Å². The van der Waals surface area contributed by atoms with E-state index in [1.54, 1.807) is 13.8 Å². The third kappa shape index (κ3) is 5.03. The first-order chi connectivity index (χ1) is 16.8. The van der Waals surface area contributed by atoms with E-state index >= 15 is 0 Å². The van der Waals surface area contributed by atoms with Crippen molar-refractivity contribution in [3.8, 4) is 5.75 Å². The van der Waals surface area contributed by atoms with E-state index in [0.29, 0.717) is 17.9 Å². The van der Waals surface area contributed by atoms with Crippen LogP contribution >= 0.6 is 0 Å². The zero-order valence-corrected chi connectivity index (χ0v) is 20.2. The zero-order chi connectivity index (χ0) is 25.0. The number of hydrogen-bond acceptors (Lipinski definition) is 7. The number of nitrogens with one attached hydrogen (secondary N) is 1. The summed E-state index contributed by atoms with van der Waals surface area (Å²) in [6.45, 7) is 3.97. The standard InChI is InChI=1S/C25H26N4O5S/c1-3-28(4-2)35(32,33)19-14-15-21(23(16-19)29(30)31)26-27-22-17-25(18-10-6-5-7-11-18)34-24-13-9-8-12-20(22)24/h5-16,25-26H,3-4,17H2,1-2H3. The highest BCUT2D eigenvalue weighted by Crippen LogP contribution is 2.36. The molecule has 1 unspecified atom stereocenters. The first-order valence-corrected chi connectivity index (χ1v) is 12.7.